The Kier molecular flexibility index (Phi) is 8.46. The number of benzene rings is 2. The maximum atomic E-state index is 13.9. The number of nitrogens with zero attached hydrogens (tertiary/aromatic N) is 2. The predicted octanol–water partition coefficient (Wildman–Crippen LogP) is 3.52. The van der Waals surface area contributed by atoms with Crippen LogP contribution in [0.15, 0.2) is 51.4 Å². The first-order valence-corrected chi connectivity index (χ1v) is 13.7. The molecule has 0 aliphatic carbocycles. The Morgan fingerprint density at radius 2 is 1.92 bits per heavy atom. The Morgan fingerprint density at radius 3 is 2.58 bits per heavy atom. The quantitative estimate of drug-likeness (QED) is 0.294. The van der Waals surface area contributed by atoms with E-state index in [0.29, 0.717) is 53.6 Å². The van der Waals surface area contributed by atoms with Crippen LogP contribution in [0.4, 0.5) is 0 Å². The van der Waals surface area contributed by atoms with Crippen LogP contribution in [0.1, 0.15) is 37.9 Å². The van der Waals surface area contributed by atoms with Gasteiger partial charge in [0.2, 0.25) is 0 Å². The first-order valence-electron chi connectivity index (χ1n) is 11.8. The van der Waals surface area contributed by atoms with Crippen molar-refractivity contribution >= 4 is 46.0 Å². The highest BCUT2D eigenvalue weighted by molar-refractivity contribution is 14.1. The Labute approximate surface area is 236 Å². The molecule has 1 atom stereocenters. The zero-order chi connectivity index (χ0) is 27.6. The van der Waals surface area contributed by atoms with E-state index in [0.717, 1.165) is 0 Å². The number of carbonyl (C=O) groups is 1. The summed E-state index contributed by atoms with van der Waals surface area (Å²) in [6.45, 7) is 5.82. The number of phenolic OH excluding ortho intramolecular Hbond substituents is 1. The molecular weight excluding hydrogens is 623 g/mol. The van der Waals surface area contributed by atoms with Crippen molar-refractivity contribution in [3.63, 3.8) is 0 Å². The second-order valence-electron chi connectivity index (χ2n) is 8.19. The van der Waals surface area contributed by atoms with Gasteiger partial charge < -0.3 is 24.1 Å². The smallest absolute Gasteiger partial charge is 0.338 e. The van der Waals surface area contributed by atoms with Gasteiger partial charge in [-0.15, -0.1) is 0 Å². The van der Waals surface area contributed by atoms with Crippen molar-refractivity contribution in [3.8, 4) is 23.0 Å². The third kappa shape index (κ3) is 5.17. The lowest BCUT2D eigenvalue weighted by molar-refractivity contribution is -0.139. The standard InChI is InChI=1S/C27H27IN2O7S/c1-6-36-20-11-15(10-18(28)24(20)31)12-21-25(32)30-23(17-13-16(34-4)8-9-19(17)35-5)22(26(33)37-7-2)14(3)29-27(30)38-21/h8-13,23,31H,6-7H2,1-5H3/b21-12+/t23-/m1/s1. The molecule has 0 amide bonds. The summed E-state index contributed by atoms with van der Waals surface area (Å²) in [5.41, 5.74) is 1.60. The largest absolute Gasteiger partial charge is 0.504 e. The Bertz CT molecular complexity index is 1610. The zero-order valence-electron chi connectivity index (χ0n) is 21.5. The van der Waals surface area contributed by atoms with E-state index in [4.69, 9.17) is 18.9 Å². The molecule has 0 unspecified atom stereocenters. The number of allylic oxidation sites excluding steroid dienone is 1. The number of phenols is 1. The van der Waals surface area contributed by atoms with Gasteiger partial charge in [-0.2, -0.15) is 0 Å². The number of hydrogen-bond acceptors (Lipinski definition) is 9. The molecule has 1 aliphatic rings. The summed E-state index contributed by atoms with van der Waals surface area (Å²) in [7, 11) is 3.07. The summed E-state index contributed by atoms with van der Waals surface area (Å²) in [5, 5.41) is 10.3. The Morgan fingerprint density at radius 1 is 1.16 bits per heavy atom. The molecule has 0 spiro atoms. The van der Waals surface area contributed by atoms with Crippen molar-refractivity contribution in [1.82, 2.24) is 4.57 Å². The van der Waals surface area contributed by atoms with Gasteiger partial charge in [0.05, 0.1) is 46.8 Å². The molecule has 2 aromatic carbocycles. The highest BCUT2D eigenvalue weighted by atomic mass is 127. The molecule has 0 bridgehead atoms. The molecule has 11 heteroatoms. The summed E-state index contributed by atoms with van der Waals surface area (Å²) < 4.78 is 24.4. The van der Waals surface area contributed by atoms with Crippen molar-refractivity contribution in [2.45, 2.75) is 26.8 Å². The van der Waals surface area contributed by atoms with E-state index in [9.17, 15) is 14.7 Å². The fourth-order valence-corrected chi connectivity index (χ4v) is 5.90. The SMILES string of the molecule is CCOC(=O)C1=C(C)N=c2s/c(=C/c3cc(I)c(O)c(OCC)c3)c(=O)n2[C@@H]1c1cc(OC)ccc1OC. The minimum absolute atomic E-state index is 0.0471. The second kappa shape index (κ2) is 11.6. The topological polar surface area (TPSA) is 109 Å². The number of esters is 1. The van der Waals surface area contributed by atoms with E-state index < -0.39 is 12.0 Å². The third-order valence-corrected chi connectivity index (χ3v) is 7.70. The maximum Gasteiger partial charge on any atom is 0.338 e. The molecule has 0 saturated carbocycles. The van der Waals surface area contributed by atoms with Crippen molar-refractivity contribution in [2.24, 2.45) is 4.99 Å². The van der Waals surface area contributed by atoms with E-state index in [2.05, 4.69) is 4.99 Å². The van der Waals surface area contributed by atoms with Gasteiger partial charge in [0.1, 0.15) is 17.5 Å². The number of thiazole rings is 1. The number of aromatic nitrogens is 1. The van der Waals surface area contributed by atoms with Crippen LogP contribution in [0.2, 0.25) is 0 Å². The van der Waals surface area contributed by atoms with Crippen LogP contribution in [0.5, 0.6) is 23.0 Å². The van der Waals surface area contributed by atoms with Crippen LogP contribution in [0, 0.1) is 3.57 Å². The van der Waals surface area contributed by atoms with Crippen LogP contribution >= 0.6 is 33.9 Å². The number of carbonyl (C=O) groups excluding carboxylic acids is 1. The van der Waals surface area contributed by atoms with Crippen LogP contribution in [0.25, 0.3) is 6.08 Å². The molecule has 200 valence electrons. The summed E-state index contributed by atoms with van der Waals surface area (Å²) >= 11 is 3.22. The molecule has 1 aromatic heterocycles. The summed E-state index contributed by atoms with van der Waals surface area (Å²) in [5.74, 6) is 0.843. The number of methoxy groups -OCH3 is 2. The van der Waals surface area contributed by atoms with Crippen molar-refractivity contribution in [1.29, 1.82) is 0 Å². The first kappa shape index (κ1) is 27.7. The van der Waals surface area contributed by atoms with Gasteiger partial charge in [-0.25, -0.2) is 9.79 Å². The number of rotatable bonds is 8. The molecule has 1 N–H and O–H groups in total. The molecule has 2 heterocycles. The number of ether oxygens (including phenoxy) is 4. The van der Waals surface area contributed by atoms with Gasteiger partial charge in [-0.1, -0.05) is 11.3 Å². The molecule has 0 fully saturated rings. The van der Waals surface area contributed by atoms with Gasteiger partial charge in [-0.05, 0) is 85.3 Å². The van der Waals surface area contributed by atoms with Gasteiger partial charge in [0.15, 0.2) is 16.3 Å². The van der Waals surface area contributed by atoms with E-state index in [1.165, 1.54) is 23.0 Å². The summed E-state index contributed by atoms with van der Waals surface area (Å²) in [6.07, 6.45) is 1.72. The van der Waals surface area contributed by atoms with Crippen molar-refractivity contribution in [3.05, 3.63) is 76.0 Å². The minimum atomic E-state index is -0.851. The second-order valence-corrected chi connectivity index (χ2v) is 10.4. The van der Waals surface area contributed by atoms with Crippen LogP contribution in [0.3, 0.4) is 0 Å². The number of hydrogen-bond donors (Lipinski definition) is 1. The lowest BCUT2D eigenvalue weighted by atomic mass is 9.94. The summed E-state index contributed by atoms with van der Waals surface area (Å²) in [4.78, 5) is 32.1. The van der Waals surface area contributed by atoms with Crippen molar-refractivity contribution < 1.29 is 28.8 Å². The van der Waals surface area contributed by atoms with Crippen LogP contribution in [-0.2, 0) is 9.53 Å². The highest BCUT2D eigenvalue weighted by Gasteiger charge is 2.35. The average Bonchev–Trinajstić information content (AvgIpc) is 3.20. The molecule has 9 nitrogen and oxygen atoms in total. The number of halogens is 1. The van der Waals surface area contributed by atoms with Crippen molar-refractivity contribution in [2.75, 3.05) is 27.4 Å². The van der Waals surface area contributed by atoms with E-state index in [-0.39, 0.29) is 23.5 Å². The zero-order valence-corrected chi connectivity index (χ0v) is 24.5. The third-order valence-electron chi connectivity index (χ3n) is 5.90. The number of fused-ring (bicyclic) bond motifs is 1. The Balaban J connectivity index is 2.00. The monoisotopic (exact) mass is 650 g/mol. The molecule has 0 saturated heterocycles. The maximum absolute atomic E-state index is 13.9. The summed E-state index contributed by atoms with van der Waals surface area (Å²) in [6, 6.07) is 7.81. The molecule has 38 heavy (non-hydrogen) atoms. The highest BCUT2D eigenvalue weighted by Crippen LogP contribution is 2.38. The van der Waals surface area contributed by atoms with E-state index in [1.54, 1.807) is 57.4 Å². The normalized spacial score (nSPS) is 15.1. The first-order chi connectivity index (χ1) is 18.2. The lowest BCUT2D eigenvalue weighted by Gasteiger charge is -2.26. The van der Waals surface area contributed by atoms with Crippen LogP contribution < -0.4 is 29.1 Å². The fraction of sp³-hybridized carbons (Fsp3) is 0.296. The average molecular weight is 650 g/mol. The van der Waals surface area contributed by atoms with E-state index >= 15 is 0 Å². The molecule has 1 aliphatic heterocycles. The van der Waals surface area contributed by atoms with E-state index in [1.807, 2.05) is 29.5 Å². The molecular formula is C27H27IN2O7S. The number of aromatic hydroxyl groups is 1. The molecule has 3 aromatic rings. The molecule has 0 radical (unpaired) electrons. The van der Waals surface area contributed by atoms with Gasteiger partial charge in [0.25, 0.3) is 5.56 Å². The lowest BCUT2D eigenvalue weighted by Crippen LogP contribution is -2.40. The predicted molar refractivity (Wildman–Crippen MR) is 152 cm³/mol. The van der Waals surface area contributed by atoms with Gasteiger partial charge in [0, 0.05) is 5.56 Å². The minimum Gasteiger partial charge on any atom is -0.504 e. The van der Waals surface area contributed by atoms with Gasteiger partial charge >= 0.3 is 5.97 Å². The van der Waals surface area contributed by atoms with Gasteiger partial charge in [-0.3, -0.25) is 9.36 Å². The molecule has 4 rings (SSSR count). The fourth-order valence-electron chi connectivity index (χ4n) is 4.23. The Hall–Kier alpha value is -3.32. The van der Waals surface area contributed by atoms with Crippen LogP contribution in [-0.4, -0.2) is 43.1 Å².